The number of amides is 2. The lowest BCUT2D eigenvalue weighted by atomic mass is 10.1. The van der Waals surface area contributed by atoms with Crippen molar-refractivity contribution < 1.29 is 4.79 Å². The lowest BCUT2D eigenvalue weighted by molar-refractivity contribution is 0.252. The molecule has 0 aliphatic heterocycles. The summed E-state index contributed by atoms with van der Waals surface area (Å²) in [5.41, 5.74) is 3.20. The van der Waals surface area contributed by atoms with Gasteiger partial charge in [0.25, 0.3) is 0 Å². The molecule has 0 bridgehead atoms. The molecule has 1 aromatic rings. The molecule has 0 saturated heterocycles. The van der Waals surface area contributed by atoms with Crippen LogP contribution in [0, 0.1) is 13.8 Å². The zero-order valence-electron chi connectivity index (χ0n) is 11.7. The molecule has 2 amide bonds. The first-order chi connectivity index (χ1) is 8.65. The minimum Gasteiger partial charge on any atom is -0.338 e. The van der Waals surface area contributed by atoms with Gasteiger partial charge in [0.15, 0.2) is 0 Å². The fraction of sp³-hybridized carbons (Fsp3) is 0.533. The van der Waals surface area contributed by atoms with Gasteiger partial charge in [-0.05, 0) is 37.5 Å². The molecule has 18 heavy (non-hydrogen) atoms. The Morgan fingerprint density at radius 1 is 1.17 bits per heavy atom. The topological polar surface area (TPSA) is 41.1 Å². The van der Waals surface area contributed by atoms with Gasteiger partial charge in [-0.2, -0.15) is 0 Å². The van der Waals surface area contributed by atoms with Gasteiger partial charge in [0.1, 0.15) is 0 Å². The third-order valence-electron chi connectivity index (χ3n) is 3.17. The van der Waals surface area contributed by atoms with Crippen molar-refractivity contribution in [2.24, 2.45) is 0 Å². The van der Waals surface area contributed by atoms with E-state index in [0.717, 1.165) is 24.2 Å². The second-order valence-corrected chi connectivity index (χ2v) is 4.69. The summed E-state index contributed by atoms with van der Waals surface area (Å²) in [6, 6.07) is 5.82. The number of carbonyl (C=O) groups is 1. The molecule has 2 N–H and O–H groups in total. The van der Waals surface area contributed by atoms with Gasteiger partial charge in [-0.25, -0.2) is 4.79 Å². The summed E-state index contributed by atoms with van der Waals surface area (Å²) in [6.45, 7) is 6.99. The zero-order valence-corrected chi connectivity index (χ0v) is 11.7. The number of carbonyl (C=O) groups excluding carboxylic acids is 1. The molecule has 0 spiro atoms. The van der Waals surface area contributed by atoms with Crippen LogP contribution >= 0.6 is 0 Å². The second-order valence-electron chi connectivity index (χ2n) is 4.69. The molecule has 1 aromatic carbocycles. The summed E-state index contributed by atoms with van der Waals surface area (Å²) < 4.78 is 0. The van der Waals surface area contributed by atoms with Crippen molar-refractivity contribution in [3.63, 3.8) is 0 Å². The van der Waals surface area contributed by atoms with Crippen molar-refractivity contribution in [3.8, 4) is 0 Å². The van der Waals surface area contributed by atoms with Gasteiger partial charge >= 0.3 is 6.03 Å². The number of aryl methyl sites for hydroxylation is 1. The molecule has 0 aliphatic carbocycles. The van der Waals surface area contributed by atoms with Gasteiger partial charge in [-0.3, -0.25) is 0 Å². The SMILES string of the molecule is CCCCCCNC(=O)Nc1cccc(C)c1C. The maximum Gasteiger partial charge on any atom is 0.319 e. The Morgan fingerprint density at radius 3 is 2.67 bits per heavy atom. The van der Waals surface area contributed by atoms with Crippen molar-refractivity contribution >= 4 is 11.7 Å². The fourth-order valence-corrected chi connectivity index (χ4v) is 1.81. The summed E-state index contributed by atoms with van der Waals surface area (Å²) in [4.78, 5) is 11.7. The van der Waals surface area contributed by atoms with E-state index in [1.807, 2.05) is 32.0 Å². The molecular weight excluding hydrogens is 224 g/mol. The lowest BCUT2D eigenvalue weighted by Crippen LogP contribution is -2.29. The highest BCUT2D eigenvalue weighted by Crippen LogP contribution is 2.17. The van der Waals surface area contributed by atoms with Crippen molar-refractivity contribution in [2.45, 2.75) is 46.5 Å². The number of hydrogen-bond donors (Lipinski definition) is 2. The van der Waals surface area contributed by atoms with Gasteiger partial charge in [-0.1, -0.05) is 38.3 Å². The summed E-state index contributed by atoms with van der Waals surface area (Å²) >= 11 is 0. The highest BCUT2D eigenvalue weighted by molar-refractivity contribution is 5.90. The van der Waals surface area contributed by atoms with Crippen LogP contribution in [0.5, 0.6) is 0 Å². The van der Waals surface area contributed by atoms with E-state index in [-0.39, 0.29) is 6.03 Å². The monoisotopic (exact) mass is 248 g/mol. The van der Waals surface area contributed by atoms with Crippen LogP contribution in [0.25, 0.3) is 0 Å². The molecule has 0 atom stereocenters. The number of nitrogens with one attached hydrogen (secondary N) is 2. The summed E-state index contributed by atoms with van der Waals surface area (Å²) in [6.07, 6.45) is 4.68. The fourth-order valence-electron chi connectivity index (χ4n) is 1.81. The van der Waals surface area contributed by atoms with Crippen LogP contribution in [0.4, 0.5) is 10.5 Å². The Hall–Kier alpha value is -1.51. The summed E-state index contributed by atoms with van der Waals surface area (Å²) in [7, 11) is 0. The highest BCUT2D eigenvalue weighted by atomic mass is 16.2. The lowest BCUT2D eigenvalue weighted by Gasteiger charge is -2.11. The maximum absolute atomic E-state index is 11.7. The molecule has 0 aromatic heterocycles. The van der Waals surface area contributed by atoms with Crippen molar-refractivity contribution in [1.82, 2.24) is 5.32 Å². The van der Waals surface area contributed by atoms with Crippen molar-refractivity contribution in [2.75, 3.05) is 11.9 Å². The van der Waals surface area contributed by atoms with Crippen LogP contribution in [0.1, 0.15) is 43.7 Å². The van der Waals surface area contributed by atoms with Crippen LogP contribution in [-0.4, -0.2) is 12.6 Å². The average molecular weight is 248 g/mol. The molecule has 0 fully saturated rings. The van der Waals surface area contributed by atoms with Crippen molar-refractivity contribution in [3.05, 3.63) is 29.3 Å². The zero-order chi connectivity index (χ0) is 13.4. The number of anilines is 1. The van der Waals surface area contributed by atoms with Gasteiger partial charge < -0.3 is 10.6 Å². The molecule has 3 nitrogen and oxygen atoms in total. The Balaban J connectivity index is 2.34. The smallest absolute Gasteiger partial charge is 0.319 e. The van der Waals surface area contributed by atoms with Gasteiger partial charge in [0.2, 0.25) is 0 Å². The van der Waals surface area contributed by atoms with Gasteiger partial charge in [-0.15, -0.1) is 0 Å². The van der Waals surface area contributed by atoms with Crippen molar-refractivity contribution in [1.29, 1.82) is 0 Å². The Labute approximate surface area is 110 Å². The molecule has 0 heterocycles. The third kappa shape index (κ3) is 4.78. The largest absolute Gasteiger partial charge is 0.338 e. The van der Waals surface area contributed by atoms with Crippen LogP contribution in [-0.2, 0) is 0 Å². The van der Waals surface area contributed by atoms with Crippen LogP contribution in [0.15, 0.2) is 18.2 Å². The molecule has 3 heteroatoms. The minimum absolute atomic E-state index is 0.111. The normalized spacial score (nSPS) is 10.2. The van der Waals surface area contributed by atoms with E-state index < -0.39 is 0 Å². The molecule has 0 saturated carbocycles. The minimum atomic E-state index is -0.111. The first kappa shape index (κ1) is 14.6. The Kier molecular flexibility index (Phi) is 6.26. The molecule has 0 radical (unpaired) electrons. The molecule has 100 valence electrons. The molecular formula is C15H24N2O. The van der Waals surface area contributed by atoms with Gasteiger partial charge in [0.05, 0.1) is 0 Å². The van der Waals surface area contributed by atoms with E-state index in [9.17, 15) is 4.79 Å². The number of urea groups is 1. The standard InChI is InChI=1S/C15H24N2O/c1-4-5-6-7-11-16-15(18)17-14-10-8-9-12(2)13(14)3/h8-10H,4-7,11H2,1-3H3,(H2,16,17,18). The van der Waals surface area contributed by atoms with Crippen LogP contribution < -0.4 is 10.6 Å². The number of hydrogen-bond acceptors (Lipinski definition) is 1. The van der Waals surface area contributed by atoms with E-state index in [4.69, 9.17) is 0 Å². The first-order valence-electron chi connectivity index (χ1n) is 6.76. The molecule has 1 rings (SSSR count). The number of rotatable bonds is 6. The quantitative estimate of drug-likeness (QED) is 0.734. The average Bonchev–Trinajstić information content (AvgIpc) is 2.35. The predicted octanol–water partition coefficient (Wildman–Crippen LogP) is 4.01. The highest BCUT2D eigenvalue weighted by Gasteiger charge is 2.04. The second kappa shape index (κ2) is 7.75. The van der Waals surface area contributed by atoms with Crippen LogP contribution in [0.3, 0.4) is 0 Å². The Morgan fingerprint density at radius 2 is 1.94 bits per heavy atom. The molecule has 0 aliphatic rings. The van der Waals surface area contributed by atoms with E-state index >= 15 is 0 Å². The van der Waals surface area contributed by atoms with Gasteiger partial charge in [0, 0.05) is 12.2 Å². The summed E-state index contributed by atoms with van der Waals surface area (Å²) in [5.74, 6) is 0. The van der Waals surface area contributed by atoms with E-state index in [2.05, 4.69) is 17.6 Å². The number of unbranched alkanes of at least 4 members (excludes halogenated alkanes) is 3. The molecule has 0 unspecified atom stereocenters. The summed E-state index contributed by atoms with van der Waals surface area (Å²) in [5, 5.41) is 5.78. The first-order valence-corrected chi connectivity index (χ1v) is 6.76. The van der Waals surface area contributed by atoms with E-state index in [1.165, 1.54) is 24.8 Å². The van der Waals surface area contributed by atoms with E-state index in [0.29, 0.717) is 0 Å². The van der Waals surface area contributed by atoms with E-state index in [1.54, 1.807) is 0 Å². The van der Waals surface area contributed by atoms with Crippen LogP contribution in [0.2, 0.25) is 0 Å². The third-order valence-corrected chi connectivity index (χ3v) is 3.17. The maximum atomic E-state index is 11.7. The Bertz CT molecular complexity index is 388. The number of benzene rings is 1. The predicted molar refractivity (Wildman–Crippen MR) is 77.1 cm³/mol.